The number of benzene rings is 1. The lowest BCUT2D eigenvalue weighted by atomic mass is 10.1. The van der Waals surface area contributed by atoms with Crippen LogP contribution < -0.4 is 5.32 Å². The number of aryl methyl sites for hydroxylation is 1. The highest BCUT2D eigenvalue weighted by Crippen LogP contribution is 2.19. The van der Waals surface area contributed by atoms with Crippen LogP contribution in [0.2, 0.25) is 0 Å². The highest BCUT2D eigenvalue weighted by molar-refractivity contribution is 5.94. The second kappa shape index (κ2) is 6.04. The Balaban J connectivity index is 2.08. The first-order chi connectivity index (χ1) is 9.11. The zero-order valence-electron chi connectivity index (χ0n) is 11.3. The lowest BCUT2D eigenvalue weighted by Crippen LogP contribution is -2.48. The normalized spacial score (nSPS) is 19.5. The van der Waals surface area contributed by atoms with Crippen LogP contribution in [0.1, 0.15) is 15.9 Å². The molecule has 1 saturated heterocycles. The summed E-state index contributed by atoms with van der Waals surface area (Å²) in [6.07, 6.45) is 0.0294. The lowest BCUT2D eigenvalue weighted by Gasteiger charge is -2.33. The molecule has 0 spiro atoms. The molecule has 1 fully saturated rings. The molecule has 2 rings (SSSR count). The number of likely N-dealkylation sites (N-methyl/N-ethyl adjacent to an activating group) is 1. The Morgan fingerprint density at radius 2 is 2.37 bits per heavy atom. The van der Waals surface area contributed by atoms with Crippen molar-refractivity contribution in [2.45, 2.75) is 13.0 Å². The Bertz CT molecular complexity index is 460. The van der Waals surface area contributed by atoms with E-state index in [1.165, 1.54) is 6.07 Å². The van der Waals surface area contributed by atoms with Gasteiger partial charge in [0.05, 0.1) is 12.7 Å². The van der Waals surface area contributed by atoms with E-state index < -0.39 is 0 Å². The first-order valence-corrected chi connectivity index (χ1v) is 6.47. The van der Waals surface area contributed by atoms with Gasteiger partial charge in [0.25, 0.3) is 5.91 Å². The molecule has 1 unspecified atom stereocenters. The van der Waals surface area contributed by atoms with Crippen molar-refractivity contribution >= 4 is 5.91 Å². The smallest absolute Gasteiger partial charge is 0.254 e. The molecule has 5 nitrogen and oxygen atoms in total. The third kappa shape index (κ3) is 3.24. The van der Waals surface area contributed by atoms with Crippen molar-refractivity contribution in [1.29, 1.82) is 0 Å². The zero-order valence-corrected chi connectivity index (χ0v) is 11.3. The summed E-state index contributed by atoms with van der Waals surface area (Å²) >= 11 is 0. The second-order valence-electron chi connectivity index (χ2n) is 4.80. The monoisotopic (exact) mass is 264 g/mol. The van der Waals surface area contributed by atoms with E-state index in [2.05, 4.69) is 5.32 Å². The van der Waals surface area contributed by atoms with Crippen LogP contribution in [0, 0.1) is 6.92 Å². The van der Waals surface area contributed by atoms with Crippen molar-refractivity contribution < 1.29 is 14.6 Å². The number of carbonyl (C=O) groups is 1. The van der Waals surface area contributed by atoms with Gasteiger partial charge in [-0.1, -0.05) is 6.07 Å². The van der Waals surface area contributed by atoms with Gasteiger partial charge < -0.3 is 20.1 Å². The quantitative estimate of drug-likeness (QED) is 0.846. The molecule has 1 aromatic carbocycles. The molecule has 1 aliphatic heterocycles. The van der Waals surface area contributed by atoms with Crippen LogP contribution in [0.25, 0.3) is 0 Å². The Morgan fingerprint density at radius 1 is 1.58 bits per heavy atom. The molecule has 1 heterocycles. The minimum Gasteiger partial charge on any atom is -0.508 e. The molecule has 1 aromatic rings. The van der Waals surface area contributed by atoms with Gasteiger partial charge in [0.1, 0.15) is 5.75 Å². The summed E-state index contributed by atoms with van der Waals surface area (Å²) in [7, 11) is 1.86. The fraction of sp³-hybridized carbons (Fsp3) is 0.500. The van der Waals surface area contributed by atoms with Crippen molar-refractivity contribution in [2.24, 2.45) is 0 Å². The Labute approximate surface area is 113 Å². The Kier molecular flexibility index (Phi) is 4.39. The van der Waals surface area contributed by atoms with Gasteiger partial charge in [-0.05, 0) is 31.7 Å². The minimum atomic E-state index is -0.0558. The summed E-state index contributed by atoms with van der Waals surface area (Å²) in [5.74, 6) is 0.102. The maximum Gasteiger partial charge on any atom is 0.254 e. The largest absolute Gasteiger partial charge is 0.508 e. The van der Waals surface area contributed by atoms with Gasteiger partial charge in [-0.25, -0.2) is 0 Å². The third-order valence-electron chi connectivity index (χ3n) is 3.31. The number of hydrogen-bond donors (Lipinski definition) is 2. The summed E-state index contributed by atoms with van der Waals surface area (Å²) in [6, 6.07) is 5.04. The Hall–Kier alpha value is -1.59. The molecule has 1 aliphatic rings. The topological polar surface area (TPSA) is 61.8 Å². The van der Waals surface area contributed by atoms with Crippen LogP contribution in [0.4, 0.5) is 0 Å². The van der Waals surface area contributed by atoms with Gasteiger partial charge in [0, 0.05) is 25.2 Å². The number of phenols is 1. The van der Waals surface area contributed by atoms with Gasteiger partial charge >= 0.3 is 0 Å². The molecule has 0 saturated carbocycles. The summed E-state index contributed by atoms with van der Waals surface area (Å²) < 4.78 is 5.57. The van der Waals surface area contributed by atoms with Crippen molar-refractivity contribution in [3.05, 3.63) is 29.3 Å². The minimum absolute atomic E-state index is 0.0294. The average Bonchev–Trinajstić information content (AvgIpc) is 2.42. The number of phenolic OH excluding ortho intramolecular Hbond substituents is 1. The maximum absolute atomic E-state index is 12.4. The van der Waals surface area contributed by atoms with Gasteiger partial charge in [0.15, 0.2) is 0 Å². The molecular formula is C14H20N2O3. The molecule has 104 valence electrons. The van der Waals surface area contributed by atoms with Crippen LogP contribution in [0.3, 0.4) is 0 Å². The van der Waals surface area contributed by atoms with Crippen molar-refractivity contribution in [3.63, 3.8) is 0 Å². The SMILES string of the molecule is CNCC1CN(C(=O)c2ccc(C)c(O)c2)CCO1. The molecule has 0 aromatic heterocycles. The van der Waals surface area contributed by atoms with Gasteiger partial charge in [-0.3, -0.25) is 4.79 Å². The zero-order chi connectivity index (χ0) is 13.8. The summed E-state index contributed by atoms with van der Waals surface area (Å²) in [5.41, 5.74) is 1.29. The van der Waals surface area contributed by atoms with E-state index in [9.17, 15) is 9.90 Å². The molecule has 19 heavy (non-hydrogen) atoms. The maximum atomic E-state index is 12.4. The van der Waals surface area contributed by atoms with Gasteiger partial charge in [0.2, 0.25) is 0 Å². The van der Waals surface area contributed by atoms with E-state index in [0.717, 1.165) is 12.1 Å². The van der Waals surface area contributed by atoms with Crippen LogP contribution in [-0.2, 0) is 4.74 Å². The molecule has 5 heteroatoms. The summed E-state index contributed by atoms with van der Waals surface area (Å²) in [6.45, 7) is 4.25. The molecule has 0 bridgehead atoms. The van der Waals surface area contributed by atoms with Crippen molar-refractivity contribution in [3.8, 4) is 5.75 Å². The number of nitrogens with one attached hydrogen (secondary N) is 1. The standard InChI is InChI=1S/C14H20N2O3/c1-10-3-4-11(7-13(10)17)14(18)16-5-6-19-12(9-16)8-15-2/h3-4,7,12,15,17H,5-6,8-9H2,1-2H3. The van der Waals surface area contributed by atoms with Gasteiger partial charge in [-0.2, -0.15) is 0 Å². The van der Waals surface area contributed by atoms with Crippen LogP contribution in [0.5, 0.6) is 5.75 Å². The highest BCUT2D eigenvalue weighted by Gasteiger charge is 2.24. The van der Waals surface area contributed by atoms with Crippen LogP contribution in [0.15, 0.2) is 18.2 Å². The molecule has 1 amide bonds. The molecule has 0 aliphatic carbocycles. The number of rotatable bonds is 3. The van der Waals surface area contributed by atoms with Crippen LogP contribution >= 0.6 is 0 Å². The second-order valence-corrected chi connectivity index (χ2v) is 4.80. The fourth-order valence-corrected chi connectivity index (χ4v) is 2.18. The van der Waals surface area contributed by atoms with E-state index in [0.29, 0.717) is 25.3 Å². The number of carbonyl (C=O) groups excluding carboxylic acids is 1. The predicted molar refractivity (Wildman–Crippen MR) is 72.4 cm³/mol. The third-order valence-corrected chi connectivity index (χ3v) is 3.31. The number of ether oxygens (including phenoxy) is 1. The molecule has 0 radical (unpaired) electrons. The summed E-state index contributed by atoms with van der Waals surface area (Å²) in [4.78, 5) is 14.1. The number of nitrogens with zero attached hydrogens (tertiary/aromatic N) is 1. The van der Waals surface area contributed by atoms with Gasteiger partial charge in [-0.15, -0.1) is 0 Å². The highest BCUT2D eigenvalue weighted by atomic mass is 16.5. The molecule has 2 N–H and O–H groups in total. The number of morpholine rings is 1. The average molecular weight is 264 g/mol. The van der Waals surface area contributed by atoms with E-state index in [1.807, 2.05) is 7.05 Å². The van der Waals surface area contributed by atoms with E-state index in [4.69, 9.17) is 4.74 Å². The number of amides is 1. The predicted octanol–water partition coefficient (Wildman–Crippen LogP) is 0.761. The van der Waals surface area contributed by atoms with Crippen molar-refractivity contribution in [1.82, 2.24) is 10.2 Å². The van der Waals surface area contributed by atoms with E-state index in [-0.39, 0.29) is 17.8 Å². The summed E-state index contributed by atoms with van der Waals surface area (Å²) in [5, 5.41) is 12.7. The fourth-order valence-electron chi connectivity index (χ4n) is 2.18. The molecular weight excluding hydrogens is 244 g/mol. The first-order valence-electron chi connectivity index (χ1n) is 6.47. The number of aromatic hydroxyl groups is 1. The van der Waals surface area contributed by atoms with E-state index >= 15 is 0 Å². The Morgan fingerprint density at radius 3 is 3.05 bits per heavy atom. The number of hydrogen-bond acceptors (Lipinski definition) is 4. The first kappa shape index (κ1) is 13.8. The van der Waals surface area contributed by atoms with Crippen LogP contribution in [-0.4, -0.2) is 55.3 Å². The molecule has 1 atom stereocenters. The lowest BCUT2D eigenvalue weighted by molar-refractivity contribution is -0.0196. The van der Waals surface area contributed by atoms with Crippen molar-refractivity contribution in [2.75, 3.05) is 33.3 Å². The van der Waals surface area contributed by atoms with E-state index in [1.54, 1.807) is 24.0 Å².